The molecule has 0 N–H and O–H groups in total. The van der Waals surface area contributed by atoms with Crippen molar-refractivity contribution in [1.29, 1.82) is 0 Å². The van der Waals surface area contributed by atoms with Crippen molar-refractivity contribution in [2.24, 2.45) is 0 Å². The quantitative estimate of drug-likeness (QED) is 0.641. The predicted octanol–water partition coefficient (Wildman–Crippen LogP) is 4.79. The molecule has 1 aromatic rings. The topological polar surface area (TPSA) is 9.23 Å². The summed E-state index contributed by atoms with van der Waals surface area (Å²) in [6.07, 6.45) is 1.12. The third-order valence-corrected chi connectivity index (χ3v) is 5.51. The third-order valence-electron chi connectivity index (χ3n) is 3.04. The fourth-order valence-electron chi connectivity index (χ4n) is 1.92. The fourth-order valence-corrected chi connectivity index (χ4v) is 4.25. The highest BCUT2D eigenvalue weighted by molar-refractivity contribution is 9.09. The summed E-state index contributed by atoms with van der Waals surface area (Å²) in [6, 6.07) is 8.01. The van der Waals surface area contributed by atoms with E-state index >= 15 is 0 Å². The van der Waals surface area contributed by atoms with Gasteiger partial charge in [0, 0.05) is 28.2 Å². The molecule has 1 rings (SSSR count). The summed E-state index contributed by atoms with van der Waals surface area (Å²) in [5, 5.41) is 2.51. The molecule has 0 radical (unpaired) electrons. The molecule has 0 fully saturated rings. The van der Waals surface area contributed by atoms with E-state index < -0.39 is 0 Å². The Hall–Kier alpha value is 0.430. The molecule has 0 heterocycles. The number of rotatable bonds is 6. The van der Waals surface area contributed by atoms with Gasteiger partial charge in [-0.25, -0.2) is 0 Å². The highest BCUT2D eigenvalue weighted by atomic mass is 79.9. The molecule has 0 aromatic heterocycles. The van der Waals surface area contributed by atoms with E-state index in [1.54, 1.807) is 7.11 Å². The molecule has 0 spiro atoms. The van der Waals surface area contributed by atoms with Gasteiger partial charge < -0.3 is 4.74 Å². The zero-order chi connectivity index (χ0) is 12.9. The maximum atomic E-state index is 6.31. The highest BCUT2D eigenvalue weighted by Crippen LogP contribution is 2.37. The Morgan fingerprint density at radius 3 is 2.35 bits per heavy atom. The molecule has 0 aliphatic carbocycles. The number of alkyl halides is 2. The normalized spacial score (nSPS) is 13.7. The number of hydrogen-bond donors (Lipinski definition) is 0. The Bertz CT molecular complexity index is 353. The molecule has 1 aromatic carbocycles. The van der Waals surface area contributed by atoms with Crippen LogP contribution in [0.3, 0.4) is 0 Å². The van der Waals surface area contributed by atoms with E-state index in [2.05, 4.69) is 44.8 Å². The second kappa shape index (κ2) is 7.13. The van der Waals surface area contributed by atoms with Gasteiger partial charge in [0.05, 0.1) is 6.10 Å². The molecule has 0 aliphatic heterocycles. The van der Waals surface area contributed by atoms with E-state index in [0.29, 0.717) is 0 Å². The molecular weight excluding hydrogens is 367 g/mol. The van der Waals surface area contributed by atoms with Gasteiger partial charge in [0.2, 0.25) is 0 Å². The van der Waals surface area contributed by atoms with Crippen LogP contribution in [0.5, 0.6) is 0 Å². The van der Waals surface area contributed by atoms with Crippen LogP contribution in [0.25, 0.3) is 0 Å². The summed E-state index contributed by atoms with van der Waals surface area (Å²) in [4.78, 5) is 0. The maximum absolute atomic E-state index is 6.31. The fraction of sp³-hybridized carbons (Fsp3) is 0.538. The molecule has 1 unspecified atom stereocenters. The van der Waals surface area contributed by atoms with Gasteiger partial charge in [-0.15, -0.1) is 0 Å². The third kappa shape index (κ3) is 3.69. The predicted molar refractivity (Wildman–Crippen MR) is 81.8 cm³/mol. The van der Waals surface area contributed by atoms with E-state index in [1.165, 1.54) is 5.56 Å². The van der Waals surface area contributed by atoms with Crippen LogP contribution in [0.15, 0.2) is 24.3 Å². The van der Waals surface area contributed by atoms with E-state index in [0.717, 1.165) is 22.1 Å². The summed E-state index contributed by atoms with van der Waals surface area (Å²) in [5.41, 5.74) is 1.13. The minimum Gasteiger partial charge on any atom is -0.382 e. The maximum Gasteiger partial charge on any atom is 0.0552 e. The summed E-state index contributed by atoms with van der Waals surface area (Å²) < 4.78 is 5.39. The van der Waals surface area contributed by atoms with Crippen LogP contribution in [0.1, 0.15) is 18.9 Å². The first-order valence-corrected chi connectivity index (χ1v) is 8.11. The molecule has 4 heteroatoms. The van der Waals surface area contributed by atoms with E-state index in [-0.39, 0.29) is 11.5 Å². The molecule has 0 saturated carbocycles. The standard InChI is InChI=1S/C13H17Br2ClO/c1-10(17-2)7-13(8-14,9-15)11-5-3-4-6-12(11)16/h3-6,10H,7-9H2,1-2H3. The van der Waals surface area contributed by atoms with Gasteiger partial charge in [0.25, 0.3) is 0 Å². The van der Waals surface area contributed by atoms with Crippen LogP contribution in [-0.2, 0) is 10.2 Å². The number of methoxy groups -OCH3 is 1. The molecule has 17 heavy (non-hydrogen) atoms. The molecule has 0 bridgehead atoms. The average Bonchev–Trinajstić information content (AvgIpc) is 2.36. The molecule has 96 valence electrons. The Kier molecular flexibility index (Phi) is 6.49. The van der Waals surface area contributed by atoms with Crippen molar-refractivity contribution in [1.82, 2.24) is 0 Å². The lowest BCUT2D eigenvalue weighted by Crippen LogP contribution is -2.34. The Labute approximate surface area is 125 Å². The molecular formula is C13H17Br2ClO. The lowest BCUT2D eigenvalue weighted by Gasteiger charge is -2.33. The van der Waals surface area contributed by atoms with Crippen LogP contribution in [0.4, 0.5) is 0 Å². The van der Waals surface area contributed by atoms with Crippen molar-refractivity contribution in [2.75, 3.05) is 17.8 Å². The monoisotopic (exact) mass is 382 g/mol. The van der Waals surface area contributed by atoms with Crippen LogP contribution in [0, 0.1) is 0 Å². The number of halogens is 3. The van der Waals surface area contributed by atoms with Gasteiger partial charge in [-0.2, -0.15) is 0 Å². The SMILES string of the molecule is COC(C)CC(CBr)(CBr)c1ccccc1Cl. The molecule has 0 aliphatic rings. The van der Waals surface area contributed by atoms with Gasteiger partial charge in [0.15, 0.2) is 0 Å². The smallest absolute Gasteiger partial charge is 0.0552 e. The number of benzene rings is 1. The van der Waals surface area contributed by atoms with Crippen LogP contribution in [-0.4, -0.2) is 23.9 Å². The number of hydrogen-bond acceptors (Lipinski definition) is 1. The van der Waals surface area contributed by atoms with Crippen LogP contribution < -0.4 is 0 Å². The first-order valence-electron chi connectivity index (χ1n) is 5.49. The van der Waals surface area contributed by atoms with Crippen molar-refractivity contribution in [3.8, 4) is 0 Å². The van der Waals surface area contributed by atoms with Crippen molar-refractivity contribution in [3.05, 3.63) is 34.9 Å². The zero-order valence-electron chi connectivity index (χ0n) is 10.1. The first-order chi connectivity index (χ1) is 8.09. The largest absolute Gasteiger partial charge is 0.382 e. The van der Waals surface area contributed by atoms with E-state index in [1.807, 2.05) is 18.2 Å². The summed E-state index contributed by atoms with van der Waals surface area (Å²) in [6.45, 7) is 2.08. The lowest BCUT2D eigenvalue weighted by atomic mass is 9.80. The van der Waals surface area contributed by atoms with Crippen molar-refractivity contribution >= 4 is 43.5 Å². The van der Waals surface area contributed by atoms with E-state index in [9.17, 15) is 0 Å². The molecule has 0 amide bonds. The van der Waals surface area contributed by atoms with Gasteiger partial charge in [0.1, 0.15) is 0 Å². The Morgan fingerprint density at radius 1 is 1.29 bits per heavy atom. The minimum atomic E-state index is -0.0340. The summed E-state index contributed by atoms with van der Waals surface area (Å²) in [7, 11) is 1.74. The molecule has 1 atom stereocenters. The van der Waals surface area contributed by atoms with Crippen LogP contribution >= 0.6 is 43.5 Å². The van der Waals surface area contributed by atoms with Gasteiger partial charge in [-0.1, -0.05) is 61.7 Å². The highest BCUT2D eigenvalue weighted by Gasteiger charge is 2.33. The van der Waals surface area contributed by atoms with Crippen molar-refractivity contribution < 1.29 is 4.74 Å². The first kappa shape index (κ1) is 15.5. The van der Waals surface area contributed by atoms with Gasteiger partial charge in [-0.3, -0.25) is 0 Å². The van der Waals surface area contributed by atoms with E-state index in [4.69, 9.17) is 16.3 Å². The van der Waals surface area contributed by atoms with Crippen molar-refractivity contribution in [3.63, 3.8) is 0 Å². The summed E-state index contributed by atoms with van der Waals surface area (Å²) >= 11 is 13.5. The number of ether oxygens (including phenoxy) is 1. The second-order valence-corrected chi connectivity index (χ2v) is 5.81. The lowest BCUT2D eigenvalue weighted by molar-refractivity contribution is 0.0946. The zero-order valence-corrected chi connectivity index (χ0v) is 14.0. The van der Waals surface area contributed by atoms with Crippen molar-refractivity contribution in [2.45, 2.75) is 24.9 Å². The molecule has 0 saturated heterocycles. The average molecular weight is 385 g/mol. The minimum absolute atomic E-state index is 0.0340. The van der Waals surface area contributed by atoms with Gasteiger partial charge in [-0.05, 0) is 25.0 Å². The van der Waals surface area contributed by atoms with Crippen LogP contribution in [0.2, 0.25) is 5.02 Å². The summed E-state index contributed by atoms with van der Waals surface area (Å²) in [5.74, 6) is 0. The van der Waals surface area contributed by atoms with Gasteiger partial charge >= 0.3 is 0 Å². The second-order valence-electron chi connectivity index (χ2n) is 4.28. The Balaban J connectivity index is 3.11. The Morgan fingerprint density at radius 2 is 1.88 bits per heavy atom. The molecule has 1 nitrogen and oxygen atoms in total.